The molecule has 2 aromatic rings. The van der Waals surface area contributed by atoms with E-state index in [1.807, 2.05) is 36.1 Å². The SMILES string of the molecule is C[C@]12C[C@H](NC(=S)N1c1ccc(C(=O)O)cc1)c1ccccc1O2. The number of carboxylic acid groups (broad SMARTS) is 1. The topological polar surface area (TPSA) is 61.8 Å². The number of nitrogens with one attached hydrogen (secondary N) is 1. The molecule has 24 heavy (non-hydrogen) atoms. The first-order valence-corrected chi connectivity index (χ1v) is 8.11. The van der Waals surface area contributed by atoms with Gasteiger partial charge in [-0.15, -0.1) is 0 Å². The van der Waals surface area contributed by atoms with Crippen molar-refractivity contribution in [2.75, 3.05) is 4.90 Å². The molecule has 6 heteroatoms. The van der Waals surface area contributed by atoms with Crippen molar-refractivity contribution < 1.29 is 14.6 Å². The van der Waals surface area contributed by atoms with E-state index in [4.69, 9.17) is 22.1 Å². The van der Waals surface area contributed by atoms with Gasteiger partial charge in [-0.1, -0.05) is 18.2 Å². The maximum atomic E-state index is 11.0. The van der Waals surface area contributed by atoms with Crippen LogP contribution in [0.3, 0.4) is 0 Å². The van der Waals surface area contributed by atoms with Crippen molar-refractivity contribution in [1.29, 1.82) is 0 Å². The van der Waals surface area contributed by atoms with Crippen LogP contribution in [0.4, 0.5) is 5.69 Å². The molecule has 0 saturated carbocycles. The Kier molecular flexibility index (Phi) is 3.25. The molecule has 1 saturated heterocycles. The van der Waals surface area contributed by atoms with E-state index in [2.05, 4.69) is 5.32 Å². The minimum Gasteiger partial charge on any atom is -0.478 e. The molecule has 2 atom stereocenters. The van der Waals surface area contributed by atoms with Gasteiger partial charge in [0.1, 0.15) is 5.75 Å². The Morgan fingerprint density at radius 2 is 2.00 bits per heavy atom. The van der Waals surface area contributed by atoms with Gasteiger partial charge >= 0.3 is 5.97 Å². The summed E-state index contributed by atoms with van der Waals surface area (Å²) in [4.78, 5) is 13.0. The van der Waals surface area contributed by atoms with E-state index in [0.717, 1.165) is 23.4 Å². The molecule has 0 unspecified atom stereocenters. The predicted octanol–water partition coefficient (Wildman–Crippen LogP) is 3.32. The van der Waals surface area contributed by atoms with Crippen molar-refractivity contribution in [2.45, 2.75) is 25.1 Å². The Morgan fingerprint density at radius 3 is 2.71 bits per heavy atom. The average Bonchev–Trinajstić information content (AvgIpc) is 2.54. The summed E-state index contributed by atoms with van der Waals surface area (Å²) < 4.78 is 6.29. The van der Waals surface area contributed by atoms with Gasteiger partial charge in [0.25, 0.3) is 0 Å². The lowest BCUT2D eigenvalue weighted by Crippen LogP contribution is -2.65. The number of hydrogen-bond donors (Lipinski definition) is 2. The van der Waals surface area contributed by atoms with Crippen molar-refractivity contribution in [1.82, 2.24) is 5.32 Å². The van der Waals surface area contributed by atoms with Gasteiger partial charge in [-0.2, -0.15) is 0 Å². The first kappa shape index (κ1) is 15.0. The zero-order valence-electron chi connectivity index (χ0n) is 13.0. The molecule has 1 fully saturated rings. The van der Waals surface area contributed by atoms with Gasteiger partial charge in [-0.3, -0.25) is 4.90 Å². The largest absolute Gasteiger partial charge is 0.478 e. The first-order chi connectivity index (χ1) is 11.5. The van der Waals surface area contributed by atoms with Gasteiger partial charge in [-0.25, -0.2) is 4.79 Å². The summed E-state index contributed by atoms with van der Waals surface area (Å²) in [5, 5.41) is 13.0. The highest BCUT2D eigenvalue weighted by molar-refractivity contribution is 7.80. The molecule has 0 aliphatic carbocycles. The molecule has 4 rings (SSSR count). The lowest BCUT2D eigenvalue weighted by Gasteiger charge is -2.52. The zero-order chi connectivity index (χ0) is 16.9. The summed E-state index contributed by atoms with van der Waals surface area (Å²) in [6.45, 7) is 2.01. The number of ether oxygens (including phenoxy) is 1. The third-order valence-corrected chi connectivity index (χ3v) is 4.85. The molecule has 2 aliphatic heterocycles. The second-order valence-electron chi connectivity index (χ2n) is 6.21. The summed E-state index contributed by atoms with van der Waals surface area (Å²) >= 11 is 5.57. The van der Waals surface area contributed by atoms with Crippen LogP contribution < -0.4 is 15.0 Å². The number of hydrogen-bond acceptors (Lipinski definition) is 3. The molecule has 2 aliphatic rings. The molecule has 2 aromatic carbocycles. The smallest absolute Gasteiger partial charge is 0.335 e. The van der Waals surface area contributed by atoms with Gasteiger partial charge in [0.15, 0.2) is 10.8 Å². The van der Waals surface area contributed by atoms with Crippen LogP contribution in [0.25, 0.3) is 0 Å². The molecular weight excluding hydrogens is 324 g/mol. The summed E-state index contributed by atoms with van der Waals surface area (Å²) in [6.07, 6.45) is 0.741. The maximum absolute atomic E-state index is 11.0. The number of thiocarbonyl (C=S) groups is 1. The number of carbonyl (C=O) groups is 1. The van der Waals surface area contributed by atoms with E-state index in [1.165, 1.54) is 0 Å². The summed E-state index contributed by atoms with van der Waals surface area (Å²) in [5.74, 6) is -0.103. The average molecular weight is 340 g/mol. The number of carboxylic acids is 1. The highest BCUT2D eigenvalue weighted by Crippen LogP contribution is 2.45. The standard InChI is InChI=1S/C18H16N2O3S/c1-18-10-14(13-4-2-3-5-15(13)23-18)19-17(24)20(18)12-8-6-11(7-9-12)16(21)22/h2-9,14H,10H2,1H3,(H,19,24)(H,21,22)/t14-,18-/m0/s1. The third-order valence-electron chi connectivity index (χ3n) is 4.55. The van der Waals surface area contributed by atoms with Gasteiger partial charge in [0.05, 0.1) is 11.6 Å². The van der Waals surface area contributed by atoms with Crippen molar-refractivity contribution in [3.8, 4) is 5.75 Å². The number of nitrogens with zero attached hydrogens (tertiary/aromatic N) is 1. The minimum absolute atomic E-state index is 0.113. The van der Waals surface area contributed by atoms with Crippen molar-refractivity contribution >= 4 is 29.0 Å². The van der Waals surface area contributed by atoms with E-state index in [-0.39, 0.29) is 11.6 Å². The Morgan fingerprint density at radius 1 is 1.29 bits per heavy atom. The number of aromatic carboxylic acids is 1. The molecule has 122 valence electrons. The highest BCUT2D eigenvalue weighted by Gasteiger charge is 2.48. The molecule has 0 amide bonds. The fraction of sp³-hybridized carbons (Fsp3) is 0.222. The fourth-order valence-electron chi connectivity index (χ4n) is 3.47. The molecular formula is C18H16N2O3S. The quantitative estimate of drug-likeness (QED) is 0.818. The number of fused-ring (bicyclic) bond motifs is 4. The van der Waals surface area contributed by atoms with E-state index in [9.17, 15) is 4.79 Å². The number of para-hydroxylation sites is 1. The minimum atomic E-state index is -0.949. The molecule has 5 nitrogen and oxygen atoms in total. The van der Waals surface area contributed by atoms with Crippen LogP contribution >= 0.6 is 12.2 Å². The lowest BCUT2D eigenvalue weighted by molar-refractivity contribution is 0.0498. The Balaban J connectivity index is 1.75. The normalized spacial score (nSPS) is 24.6. The van der Waals surface area contributed by atoms with E-state index < -0.39 is 11.7 Å². The van der Waals surface area contributed by atoms with Gasteiger partial charge < -0.3 is 15.2 Å². The van der Waals surface area contributed by atoms with Crippen LogP contribution in [-0.4, -0.2) is 21.9 Å². The molecule has 0 spiro atoms. The molecule has 2 bridgehead atoms. The third kappa shape index (κ3) is 2.22. The molecule has 0 aromatic heterocycles. The Bertz CT molecular complexity index is 836. The van der Waals surface area contributed by atoms with Gasteiger partial charge in [0.2, 0.25) is 0 Å². The molecule has 2 heterocycles. The van der Waals surface area contributed by atoms with Crippen LogP contribution in [0.1, 0.15) is 35.3 Å². The Hall–Kier alpha value is -2.60. The van der Waals surface area contributed by atoms with Crippen LogP contribution in [0, 0.1) is 0 Å². The van der Waals surface area contributed by atoms with Gasteiger partial charge in [-0.05, 0) is 49.5 Å². The van der Waals surface area contributed by atoms with Crippen LogP contribution in [0.5, 0.6) is 5.75 Å². The summed E-state index contributed by atoms with van der Waals surface area (Å²) in [6, 6.07) is 14.7. The molecule has 2 N–H and O–H groups in total. The second-order valence-corrected chi connectivity index (χ2v) is 6.60. The zero-order valence-corrected chi connectivity index (χ0v) is 13.8. The first-order valence-electron chi connectivity index (χ1n) is 7.70. The van der Waals surface area contributed by atoms with Gasteiger partial charge in [0, 0.05) is 17.7 Å². The summed E-state index contributed by atoms with van der Waals surface area (Å²) in [7, 11) is 0. The van der Waals surface area contributed by atoms with Crippen LogP contribution in [-0.2, 0) is 0 Å². The highest BCUT2D eigenvalue weighted by atomic mass is 32.1. The molecule has 0 radical (unpaired) electrons. The van der Waals surface area contributed by atoms with Crippen LogP contribution in [0.2, 0.25) is 0 Å². The van der Waals surface area contributed by atoms with E-state index in [0.29, 0.717) is 5.11 Å². The van der Waals surface area contributed by atoms with E-state index in [1.54, 1.807) is 24.3 Å². The van der Waals surface area contributed by atoms with Crippen molar-refractivity contribution in [3.05, 3.63) is 59.7 Å². The number of rotatable bonds is 2. The fourth-order valence-corrected chi connectivity index (χ4v) is 3.91. The lowest BCUT2D eigenvalue weighted by atomic mass is 9.90. The summed E-state index contributed by atoms with van der Waals surface area (Å²) in [5.41, 5.74) is 1.54. The number of anilines is 1. The second kappa shape index (κ2) is 5.21. The van der Waals surface area contributed by atoms with Crippen LogP contribution in [0.15, 0.2) is 48.5 Å². The van der Waals surface area contributed by atoms with E-state index >= 15 is 0 Å². The monoisotopic (exact) mass is 340 g/mol. The Labute approximate surface area is 144 Å². The van der Waals surface area contributed by atoms with Crippen molar-refractivity contribution in [3.63, 3.8) is 0 Å². The predicted molar refractivity (Wildman–Crippen MR) is 94.4 cm³/mol. The van der Waals surface area contributed by atoms with Crippen molar-refractivity contribution in [2.24, 2.45) is 0 Å². The maximum Gasteiger partial charge on any atom is 0.335 e. The number of benzene rings is 2.